The van der Waals surface area contributed by atoms with Gasteiger partial charge in [-0.05, 0) is 30.3 Å². The fourth-order valence-electron chi connectivity index (χ4n) is 2.24. The molecule has 0 aliphatic heterocycles. The predicted octanol–water partition coefficient (Wildman–Crippen LogP) is 2.55. The van der Waals surface area contributed by atoms with Crippen molar-refractivity contribution >= 4 is 5.91 Å². The molecule has 7 heteroatoms. The summed E-state index contributed by atoms with van der Waals surface area (Å²) in [5, 5.41) is 9.41. The van der Waals surface area contributed by atoms with E-state index in [9.17, 15) is 9.18 Å². The molecule has 0 aliphatic rings. The smallest absolute Gasteiger partial charge is 0.269 e. The lowest BCUT2D eigenvalue weighted by Gasteiger charge is -2.04. The van der Waals surface area contributed by atoms with Crippen molar-refractivity contribution in [1.29, 1.82) is 0 Å². The van der Waals surface area contributed by atoms with E-state index in [-0.39, 0.29) is 17.9 Å². The number of hydrogen-bond donors (Lipinski definition) is 2. The van der Waals surface area contributed by atoms with Crippen LogP contribution in [0.15, 0.2) is 48.7 Å². The Bertz CT molecular complexity index is 863. The first-order valence-corrected chi connectivity index (χ1v) is 7.25. The second kappa shape index (κ2) is 6.91. The number of methoxy groups -OCH3 is 1. The first kappa shape index (κ1) is 15.7. The van der Waals surface area contributed by atoms with Crippen LogP contribution in [0.2, 0.25) is 0 Å². The van der Waals surface area contributed by atoms with Crippen LogP contribution in [0.1, 0.15) is 16.2 Å². The number of nitrogens with one attached hydrogen (secondary N) is 2. The van der Waals surface area contributed by atoms with Gasteiger partial charge in [0.1, 0.15) is 17.3 Å². The average Bonchev–Trinajstić information content (AvgIpc) is 3.11. The Balaban J connectivity index is 1.73. The SMILES string of the molecule is COc1ccccc1-c1cc(C(=O)NCc2ncccc2F)[nH]n1. The molecule has 6 nitrogen and oxygen atoms in total. The molecule has 2 aromatic heterocycles. The molecule has 3 aromatic rings. The Kier molecular flexibility index (Phi) is 4.51. The van der Waals surface area contributed by atoms with E-state index in [1.807, 2.05) is 24.3 Å². The van der Waals surface area contributed by atoms with Gasteiger partial charge in [0.05, 0.1) is 25.0 Å². The van der Waals surface area contributed by atoms with Crippen molar-refractivity contribution in [3.63, 3.8) is 0 Å². The Morgan fingerprint density at radius 2 is 2.12 bits per heavy atom. The standard InChI is InChI=1S/C17H15FN4O2/c1-24-16-7-3-2-5-11(16)13-9-14(22-21-13)17(23)20-10-15-12(18)6-4-8-19-15/h2-9H,10H2,1H3,(H,20,23)(H,21,22). The number of halogens is 1. The Labute approximate surface area is 137 Å². The van der Waals surface area contributed by atoms with Crippen molar-refractivity contribution in [2.75, 3.05) is 7.11 Å². The molecule has 0 saturated carbocycles. The Morgan fingerprint density at radius 3 is 2.92 bits per heavy atom. The van der Waals surface area contributed by atoms with Crippen molar-refractivity contribution < 1.29 is 13.9 Å². The summed E-state index contributed by atoms with van der Waals surface area (Å²) in [5.41, 5.74) is 1.80. The number of pyridine rings is 1. The number of carbonyl (C=O) groups is 1. The summed E-state index contributed by atoms with van der Waals surface area (Å²) in [5.74, 6) is -0.197. The summed E-state index contributed by atoms with van der Waals surface area (Å²) >= 11 is 0. The first-order chi connectivity index (χ1) is 11.7. The molecule has 0 radical (unpaired) electrons. The van der Waals surface area contributed by atoms with Crippen LogP contribution in [0.3, 0.4) is 0 Å². The van der Waals surface area contributed by atoms with Crippen molar-refractivity contribution in [3.05, 3.63) is 65.9 Å². The highest BCUT2D eigenvalue weighted by Gasteiger charge is 2.14. The van der Waals surface area contributed by atoms with Gasteiger partial charge in [-0.15, -0.1) is 0 Å². The van der Waals surface area contributed by atoms with E-state index in [0.717, 1.165) is 5.56 Å². The number of benzene rings is 1. The van der Waals surface area contributed by atoms with Crippen LogP contribution < -0.4 is 10.1 Å². The molecule has 0 atom stereocenters. The largest absolute Gasteiger partial charge is 0.496 e. The van der Waals surface area contributed by atoms with Gasteiger partial charge in [-0.1, -0.05) is 12.1 Å². The van der Waals surface area contributed by atoms with E-state index in [2.05, 4.69) is 20.5 Å². The third-order valence-electron chi connectivity index (χ3n) is 3.46. The molecule has 24 heavy (non-hydrogen) atoms. The predicted molar refractivity (Wildman–Crippen MR) is 85.9 cm³/mol. The molecule has 3 rings (SSSR count). The van der Waals surface area contributed by atoms with Crippen molar-refractivity contribution in [2.24, 2.45) is 0 Å². The molecule has 2 heterocycles. The van der Waals surface area contributed by atoms with E-state index in [0.29, 0.717) is 11.4 Å². The minimum atomic E-state index is -0.461. The second-order valence-electron chi connectivity index (χ2n) is 4.98. The molecule has 0 spiro atoms. The molecule has 0 fully saturated rings. The van der Waals surface area contributed by atoms with E-state index in [1.54, 1.807) is 13.2 Å². The van der Waals surface area contributed by atoms with Crippen LogP contribution in [0, 0.1) is 5.82 Å². The highest BCUT2D eigenvalue weighted by atomic mass is 19.1. The van der Waals surface area contributed by atoms with Crippen LogP contribution in [-0.4, -0.2) is 28.2 Å². The van der Waals surface area contributed by atoms with Crippen LogP contribution in [-0.2, 0) is 6.54 Å². The summed E-state index contributed by atoms with van der Waals surface area (Å²) in [4.78, 5) is 16.1. The zero-order chi connectivity index (χ0) is 16.9. The van der Waals surface area contributed by atoms with Gasteiger partial charge in [0.2, 0.25) is 0 Å². The average molecular weight is 326 g/mol. The van der Waals surface area contributed by atoms with Crippen LogP contribution in [0.5, 0.6) is 5.75 Å². The highest BCUT2D eigenvalue weighted by Crippen LogP contribution is 2.28. The zero-order valence-corrected chi connectivity index (χ0v) is 12.9. The molecule has 0 aliphatic carbocycles. The second-order valence-corrected chi connectivity index (χ2v) is 4.98. The molecule has 0 saturated heterocycles. The number of hydrogen-bond acceptors (Lipinski definition) is 4. The number of aromatic nitrogens is 3. The lowest BCUT2D eigenvalue weighted by atomic mass is 10.1. The lowest BCUT2D eigenvalue weighted by Crippen LogP contribution is -2.24. The van der Waals surface area contributed by atoms with Gasteiger partial charge < -0.3 is 10.1 Å². The molecular weight excluding hydrogens is 311 g/mol. The number of para-hydroxylation sites is 1. The highest BCUT2D eigenvalue weighted by molar-refractivity contribution is 5.93. The van der Waals surface area contributed by atoms with Crippen molar-refractivity contribution in [3.8, 4) is 17.0 Å². The molecule has 122 valence electrons. The summed E-state index contributed by atoms with van der Waals surface area (Å²) in [6.07, 6.45) is 1.47. The Morgan fingerprint density at radius 1 is 1.29 bits per heavy atom. The minimum Gasteiger partial charge on any atom is -0.496 e. The van der Waals surface area contributed by atoms with Crippen molar-refractivity contribution in [1.82, 2.24) is 20.5 Å². The van der Waals surface area contributed by atoms with Crippen molar-refractivity contribution in [2.45, 2.75) is 6.54 Å². The quantitative estimate of drug-likeness (QED) is 0.755. The monoisotopic (exact) mass is 326 g/mol. The van der Waals surface area contributed by atoms with Gasteiger partial charge >= 0.3 is 0 Å². The molecule has 2 N–H and O–H groups in total. The Hall–Kier alpha value is -3.22. The van der Waals surface area contributed by atoms with E-state index in [1.165, 1.54) is 18.3 Å². The normalized spacial score (nSPS) is 10.4. The van der Waals surface area contributed by atoms with Crippen LogP contribution in [0.4, 0.5) is 4.39 Å². The fraction of sp³-hybridized carbons (Fsp3) is 0.118. The maximum Gasteiger partial charge on any atom is 0.269 e. The maximum absolute atomic E-state index is 13.5. The minimum absolute atomic E-state index is 0.00544. The summed E-state index contributed by atoms with van der Waals surface area (Å²) in [6, 6.07) is 11.8. The van der Waals surface area contributed by atoms with E-state index in [4.69, 9.17) is 4.74 Å². The number of aromatic amines is 1. The third-order valence-corrected chi connectivity index (χ3v) is 3.46. The molecule has 1 amide bonds. The maximum atomic E-state index is 13.5. The van der Waals surface area contributed by atoms with Gasteiger partial charge in [-0.25, -0.2) is 4.39 Å². The number of H-pyrrole nitrogens is 1. The van der Waals surface area contributed by atoms with Crippen LogP contribution >= 0.6 is 0 Å². The number of amides is 1. The van der Waals surface area contributed by atoms with Gasteiger partial charge in [-0.3, -0.25) is 14.9 Å². The van der Waals surface area contributed by atoms with E-state index >= 15 is 0 Å². The molecule has 0 unspecified atom stereocenters. The molecular formula is C17H15FN4O2. The number of ether oxygens (including phenoxy) is 1. The molecule has 1 aromatic carbocycles. The van der Waals surface area contributed by atoms with Crippen LogP contribution in [0.25, 0.3) is 11.3 Å². The van der Waals surface area contributed by atoms with Gasteiger partial charge in [0.25, 0.3) is 5.91 Å². The lowest BCUT2D eigenvalue weighted by molar-refractivity contribution is 0.0945. The van der Waals surface area contributed by atoms with Gasteiger partial charge in [0, 0.05) is 11.8 Å². The first-order valence-electron chi connectivity index (χ1n) is 7.25. The summed E-state index contributed by atoms with van der Waals surface area (Å²) in [6.45, 7) is -0.00544. The van der Waals surface area contributed by atoms with Gasteiger partial charge in [-0.2, -0.15) is 5.10 Å². The van der Waals surface area contributed by atoms with E-state index < -0.39 is 11.7 Å². The third kappa shape index (κ3) is 3.24. The number of carbonyl (C=O) groups excluding carboxylic acids is 1. The molecule has 0 bridgehead atoms. The topological polar surface area (TPSA) is 79.9 Å². The summed E-state index contributed by atoms with van der Waals surface area (Å²) < 4.78 is 18.8. The number of nitrogens with zero attached hydrogens (tertiary/aromatic N) is 2. The fourth-order valence-corrected chi connectivity index (χ4v) is 2.24. The zero-order valence-electron chi connectivity index (χ0n) is 12.9. The van der Waals surface area contributed by atoms with Gasteiger partial charge in [0.15, 0.2) is 0 Å². The summed E-state index contributed by atoms with van der Waals surface area (Å²) in [7, 11) is 1.57. The number of rotatable bonds is 5.